The van der Waals surface area contributed by atoms with Gasteiger partial charge in [0, 0.05) is 11.3 Å². The summed E-state index contributed by atoms with van der Waals surface area (Å²) in [6, 6.07) is 7.18. The van der Waals surface area contributed by atoms with Crippen LogP contribution in [0.25, 0.3) is 0 Å². The molecule has 1 aliphatic carbocycles. The molecule has 5 nitrogen and oxygen atoms in total. The van der Waals surface area contributed by atoms with Gasteiger partial charge in [0.1, 0.15) is 0 Å². The number of carboxylic acids is 1. The summed E-state index contributed by atoms with van der Waals surface area (Å²) >= 11 is 0. The fraction of sp³-hybridized carbons (Fsp3) is 0.364. The van der Waals surface area contributed by atoms with Gasteiger partial charge in [0.25, 0.3) is 0 Å². The lowest BCUT2D eigenvalue weighted by Crippen LogP contribution is -2.33. The molecule has 0 aromatic heterocycles. The molecule has 2 unspecified atom stereocenters. The Morgan fingerprint density at radius 1 is 1.50 bits per heavy atom. The first-order valence-electron chi connectivity index (χ1n) is 4.93. The third kappa shape index (κ3) is 1.36. The average Bonchev–Trinajstić information content (AvgIpc) is 2.95. The predicted octanol–water partition coefficient (Wildman–Crippen LogP) is 1.58. The Morgan fingerprint density at radius 2 is 2.06 bits per heavy atom. The van der Waals surface area contributed by atoms with Crippen LogP contribution in [0.15, 0.2) is 24.3 Å². The van der Waals surface area contributed by atoms with Crippen LogP contribution in [-0.4, -0.2) is 21.5 Å². The molecule has 84 valence electrons. The third-order valence-electron chi connectivity index (χ3n) is 3.11. The fourth-order valence-corrected chi connectivity index (χ4v) is 1.96. The molecule has 1 saturated carbocycles. The average molecular weight is 221 g/mol. The van der Waals surface area contributed by atoms with Gasteiger partial charge in [-0.3, -0.25) is 10.1 Å². The Labute approximate surface area is 91.9 Å². The Hall–Kier alpha value is -1.91. The zero-order chi connectivity index (χ0) is 11.9. The normalized spacial score (nSPS) is 27.4. The minimum atomic E-state index is -1.80. The Kier molecular flexibility index (Phi) is 2.18. The summed E-state index contributed by atoms with van der Waals surface area (Å²) in [7, 11) is 0. The van der Waals surface area contributed by atoms with Gasteiger partial charge in [0.05, 0.1) is 5.92 Å². The lowest BCUT2D eigenvalue weighted by atomic mass is 10.1. The monoisotopic (exact) mass is 221 g/mol. The van der Waals surface area contributed by atoms with Crippen LogP contribution in [-0.2, 0) is 4.79 Å². The largest absolute Gasteiger partial charge is 0.476 e. The minimum Gasteiger partial charge on any atom is -0.476 e. The highest BCUT2D eigenvalue weighted by Crippen LogP contribution is 2.53. The predicted molar refractivity (Wildman–Crippen MR) is 55.9 cm³/mol. The summed E-state index contributed by atoms with van der Waals surface area (Å²) in [4.78, 5) is 21.1. The van der Waals surface area contributed by atoms with E-state index in [0.717, 1.165) is 11.1 Å². The van der Waals surface area contributed by atoms with E-state index in [1.165, 1.54) is 0 Å². The van der Waals surface area contributed by atoms with Crippen LogP contribution in [0.5, 0.6) is 0 Å². The molecule has 0 saturated heterocycles. The molecule has 1 N–H and O–H groups in total. The van der Waals surface area contributed by atoms with E-state index in [1.54, 1.807) is 12.1 Å². The van der Waals surface area contributed by atoms with E-state index in [2.05, 4.69) is 0 Å². The van der Waals surface area contributed by atoms with Crippen molar-refractivity contribution < 1.29 is 14.8 Å². The first-order chi connectivity index (χ1) is 7.48. The van der Waals surface area contributed by atoms with Crippen molar-refractivity contribution in [2.24, 2.45) is 0 Å². The maximum absolute atomic E-state index is 10.9. The first-order valence-corrected chi connectivity index (χ1v) is 4.93. The van der Waals surface area contributed by atoms with E-state index >= 15 is 0 Å². The molecule has 0 spiro atoms. The molecule has 2 atom stereocenters. The van der Waals surface area contributed by atoms with Gasteiger partial charge in [-0.2, -0.15) is 0 Å². The maximum atomic E-state index is 10.9. The van der Waals surface area contributed by atoms with E-state index in [1.807, 2.05) is 19.1 Å². The molecule has 1 fully saturated rings. The van der Waals surface area contributed by atoms with E-state index in [9.17, 15) is 14.9 Å². The number of carbonyl (C=O) groups is 1. The number of nitro groups is 1. The Balaban J connectivity index is 2.30. The van der Waals surface area contributed by atoms with Crippen molar-refractivity contribution in [1.29, 1.82) is 0 Å². The summed E-state index contributed by atoms with van der Waals surface area (Å²) < 4.78 is 0. The molecular formula is C11H11NO4. The molecule has 0 radical (unpaired) electrons. The van der Waals surface area contributed by atoms with Crippen molar-refractivity contribution in [2.75, 3.05) is 0 Å². The van der Waals surface area contributed by atoms with E-state index in [-0.39, 0.29) is 6.42 Å². The molecule has 2 rings (SSSR count). The van der Waals surface area contributed by atoms with Crippen LogP contribution >= 0.6 is 0 Å². The summed E-state index contributed by atoms with van der Waals surface area (Å²) in [5, 5.41) is 19.7. The van der Waals surface area contributed by atoms with E-state index in [0.29, 0.717) is 0 Å². The maximum Gasteiger partial charge on any atom is 0.383 e. The van der Waals surface area contributed by atoms with Gasteiger partial charge in [-0.25, -0.2) is 4.79 Å². The van der Waals surface area contributed by atoms with Crippen LogP contribution in [0.3, 0.4) is 0 Å². The number of hydrogen-bond donors (Lipinski definition) is 1. The van der Waals surface area contributed by atoms with Crippen molar-refractivity contribution in [1.82, 2.24) is 0 Å². The van der Waals surface area contributed by atoms with Crippen molar-refractivity contribution in [3.63, 3.8) is 0 Å². The van der Waals surface area contributed by atoms with Gasteiger partial charge >= 0.3 is 11.5 Å². The molecule has 5 heteroatoms. The molecule has 0 heterocycles. The lowest BCUT2D eigenvalue weighted by Gasteiger charge is -2.04. The van der Waals surface area contributed by atoms with Gasteiger partial charge < -0.3 is 5.11 Å². The summed E-state index contributed by atoms with van der Waals surface area (Å²) in [5.74, 6) is -1.84. The lowest BCUT2D eigenvalue weighted by molar-refractivity contribution is -0.526. The van der Waals surface area contributed by atoms with E-state index < -0.39 is 22.3 Å². The van der Waals surface area contributed by atoms with Gasteiger partial charge in [-0.1, -0.05) is 29.8 Å². The zero-order valence-electron chi connectivity index (χ0n) is 8.71. The second-order valence-corrected chi connectivity index (χ2v) is 4.15. The van der Waals surface area contributed by atoms with Crippen molar-refractivity contribution >= 4 is 5.97 Å². The van der Waals surface area contributed by atoms with Crippen LogP contribution in [0.2, 0.25) is 0 Å². The van der Waals surface area contributed by atoms with Gasteiger partial charge in [0.15, 0.2) is 0 Å². The van der Waals surface area contributed by atoms with Crippen molar-refractivity contribution in [3.05, 3.63) is 45.5 Å². The van der Waals surface area contributed by atoms with Gasteiger partial charge in [-0.15, -0.1) is 0 Å². The van der Waals surface area contributed by atoms with Crippen molar-refractivity contribution in [2.45, 2.75) is 24.8 Å². The standard InChI is InChI=1S/C11H11NO4/c1-7-2-4-8(5-3-7)9-6-11(9,10(13)14)12(15)16/h2-5,9H,6H2,1H3,(H,13,14). The number of rotatable bonds is 3. The van der Waals surface area contributed by atoms with Crippen LogP contribution in [0.1, 0.15) is 23.5 Å². The van der Waals surface area contributed by atoms with E-state index in [4.69, 9.17) is 5.11 Å². The Bertz CT molecular complexity index is 438. The van der Waals surface area contributed by atoms with Crippen LogP contribution in [0.4, 0.5) is 0 Å². The number of nitrogens with zero attached hydrogens (tertiary/aromatic N) is 1. The summed E-state index contributed by atoms with van der Waals surface area (Å²) in [6.45, 7) is 1.91. The number of aryl methyl sites for hydroxylation is 1. The number of benzene rings is 1. The third-order valence-corrected chi connectivity index (χ3v) is 3.11. The molecule has 1 aliphatic rings. The fourth-order valence-electron chi connectivity index (χ4n) is 1.96. The second kappa shape index (κ2) is 3.30. The van der Waals surface area contributed by atoms with Crippen LogP contribution < -0.4 is 0 Å². The number of aliphatic carboxylic acids is 1. The highest BCUT2D eigenvalue weighted by Gasteiger charge is 2.73. The minimum absolute atomic E-state index is 0.0817. The Morgan fingerprint density at radius 3 is 2.44 bits per heavy atom. The number of hydrogen-bond acceptors (Lipinski definition) is 3. The summed E-state index contributed by atoms with van der Waals surface area (Å²) in [5.41, 5.74) is -0.0222. The molecule has 0 amide bonds. The van der Waals surface area contributed by atoms with Gasteiger partial charge in [0.2, 0.25) is 0 Å². The molecule has 1 aromatic rings. The highest BCUT2D eigenvalue weighted by atomic mass is 16.6. The van der Waals surface area contributed by atoms with Gasteiger partial charge in [-0.05, 0) is 12.5 Å². The van der Waals surface area contributed by atoms with Crippen LogP contribution in [0, 0.1) is 17.0 Å². The SMILES string of the molecule is Cc1ccc(C2CC2(C(=O)O)[N+](=O)[O-])cc1. The smallest absolute Gasteiger partial charge is 0.383 e. The highest BCUT2D eigenvalue weighted by molar-refractivity contribution is 5.83. The summed E-state index contributed by atoms with van der Waals surface area (Å²) in [6.07, 6.45) is 0.0817. The quantitative estimate of drug-likeness (QED) is 0.620. The van der Waals surface area contributed by atoms with Crippen molar-refractivity contribution in [3.8, 4) is 0 Å². The topological polar surface area (TPSA) is 80.4 Å². The zero-order valence-corrected chi connectivity index (χ0v) is 8.71. The molecule has 1 aromatic carbocycles. The molecule has 16 heavy (non-hydrogen) atoms. The molecular weight excluding hydrogens is 210 g/mol. The first kappa shape index (κ1) is 10.6. The molecule has 0 aliphatic heterocycles. The second-order valence-electron chi connectivity index (χ2n) is 4.15. The number of carboxylic acid groups (broad SMARTS) is 1. The molecule has 0 bridgehead atoms.